The maximum absolute atomic E-state index is 11.7. The van der Waals surface area contributed by atoms with Crippen molar-refractivity contribution < 1.29 is 9.53 Å². The number of likely N-dealkylation sites (tertiary alicyclic amines) is 2. The van der Waals surface area contributed by atoms with Gasteiger partial charge in [-0.05, 0) is 63.4 Å². The highest BCUT2D eigenvalue weighted by Crippen LogP contribution is 2.27. The van der Waals surface area contributed by atoms with Gasteiger partial charge in [0.1, 0.15) is 5.75 Å². The van der Waals surface area contributed by atoms with Gasteiger partial charge in [-0.15, -0.1) is 0 Å². The van der Waals surface area contributed by atoms with E-state index in [1.54, 1.807) is 7.11 Å². The quantitative estimate of drug-likeness (QED) is 0.349. The zero-order valence-electron chi connectivity index (χ0n) is 18.5. The highest BCUT2D eigenvalue weighted by molar-refractivity contribution is 5.80. The number of methoxy groups -OCH3 is 1. The van der Waals surface area contributed by atoms with Crippen LogP contribution < -0.4 is 15.4 Å². The standard InChI is InChI=1S/C23H37N5O2/c1-3-24-23(25-13-7-17-28-16-6-8-22(28)29)26-18-21(27-14-4-5-15-27)19-9-11-20(30-2)12-10-19/h9-12,21H,3-8,13-18H2,1-2H3,(H2,24,25,26). The number of amides is 1. The Labute approximate surface area is 180 Å². The average molecular weight is 416 g/mol. The summed E-state index contributed by atoms with van der Waals surface area (Å²) in [5.74, 6) is 2.03. The van der Waals surface area contributed by atoms with Gasteiger partial charge in [0.05, 0.1) is 19.7 Å². The first kappa shape index (κ1) is 22.4. The molecule has 1 aromatic rings. The second kappa shape index (κ2) is 11.8. The minimum absolute atomic E-state index is 0.274. The van der Waals surface area contributed by atoms with Crippen molar-refractivity contribution in [2.75, 3.05) is 52.9 Å². The number of aliphatic imine (C=N–C) groups is 1. The van der Waals surface area contributed by atoms with Crippen molar-refractivity contribution in [2.24, 2.45) is 4.99 Å². The molecule has 2 heterocycles. The second-order valence-corrected chi connectivity index (χ2v) is 8.02. The van der Waals surface area contributed by atoms with Gasteiger partial charge < -0.3 is 20.3 Å². The first-order valence-electron chi connectivity index (χ1n) is 11.4. The van der Waals surface area contributed by atoms with Gasteiger partial charge in [-0.1, -0.05) is 12.1 Å². The molecular formula is C23H37N5O2. The SMILES string of the molecule is CCNC(=NCC(c1ccc(OC)cc1)N1CCCC1)NCCCN1CCCC1=O. The molecule has 166 valence electrons. The van der Waals surface area contributed by atoms with E-state index < -0.39 is 0 Å². The van der Waals surface area contributed by atoms with Gasteiger partial charge in [0.25, 0.3) is 0 Å². The minimum Gasteiger partial charge on any atom is -0.497 e. The largest absolute Gasteiger partial charge is 0.497 e. The molecule has 1 unspecified atom stereocenters. The summed E-state index contributed by atoms with van der Waals surface area (Å²) in [5, 5.41) is 6.79. The van der Waals surface area contributed by atoms with Crippen LogP contribution in [0.5, 0.6) is 5.75 Å². The molecule has 0 bridgehead atoms. The molecule has 2 aliphatic heterocycles. The summed E-state index contributed by atoms with van der Waals surface area (Å²) in [4.78, 5) is 21.1. The first-order valence-corrected chi connectivity index (χ1v) is 11.4. The number of hydrogen-bond acceptors (Lipinski definition) is 4. The summed E-state index contributed by atoms with van der Waals surface area (Å²) in [6, 6.07) is 8.66. The van der Waals surface area contributed by atoms with Crippen LogP contribution in [0.15, 0.2) is 29.3 Å². The van der Waals surface area contributed by atoms with Crippen molar-refractivity contribution in [3.05, 3.63) is 29.8 Å². The smallest absolute Gasteiger partial charge is 0.222 e. The molecule has 2 fully saturated rings. The number of rotatable bonds is 10. The van der Waals surface area contributed by atoms with Crippen LogP contribution in [-0.4, -0.2) is 74.6 Å². The van der Waals surface area contributed by atoms with Gasteiger partial charge in [0.2, 0.25) is 5.91 Å². The predicted octanol–water partition coefficient (Wildman–Crippen LogP) is 2.40. The lowest BCUT2D eigenvalue weighted by Gasteiger charge is -2.27. The second-order valence-electron chi connectivity index (χ2n) is 8.02. The molecule has 1 amide bonds. The van der Waals surface area contributed by atoms with E-state index in [0.29, 0.717) is 18.9 Å². The number of carbonyl (C=O) groups excluding carboxylic acids is 1. The Hall–Kier alpha value is -2.28. The molecule has 2 N–H and O–H groups in total. The molecule has 3 rings (SSSR count). The van der Waals surface area contributed by atoms with Crippen molar-refractivity contribution in [1.82, 2.24) is 20.4 Å². The highest BCUT2D eigenvalue weighted by atomic mass is 16.5. The first-order chi connectivity index (χ1) is 14.7. The lowest BCUT2D eigenvalue weighted by atomic mass is 10.1. The fourth-order valence-corrected chi connectivity index (χ4v) is 4.25. The van der Waals surface area contributed by atoms with Crippen LogP contribution in [0.25, 0.3) is 0 Å². The third kappa shape index (κ3) is 6.36. The zero-order valence-corrected chi connectivity index (χ0v) is 18.5. The Balaban J connectivity index is 1.57. The fourth-order valence-electron chi connectivity index (χ4n) is 4.25. The molecule has 2 aliphatic rings. The Kier molecular flexibility index (Phi) is 8.81. The lowest BCUT2D eigenvalue weighted by molar-refractivity contribution is -0.127. The van der Waals surface area contributed by atoms with E-state index in [0.717, 1.165) is 63.8 Å². The Morgan fingerprint density at radius 3 is 2.53 bits per heavy atom. The Morgan fingerprint density at radius 2 is 1.90 bits per heavy atom. The molecule has 0 aromatic heterocycles. The molecule has 7 heteroatoms. The number of guanidine groups is 1. The molecule has 0 aliphatic carbocycles. The van der Waals surface area contributed by atoms with E-state index in [4.69, 9.17) is 9.73 Å². The number of nitrogens with one attached hydrogen (secondary N) is 2. The molecule has 1 atom stereocenters. The average Bonchev–Trinajstić information content (AvgIpc) is 3.44. The van der Waals surface area contributed by atoms with Crippen molar-refractivity contribution >= 4 is 11.9 Å². The topological polar surface area (TPSA) is 69.2 Å². The van der Waals surface area contributed by atoms with Crippen LogP contribution in [0, 0.1) is 0 Å². The maximum atomic E-state index is 11.7. The van der Waals surface area contributed by atoms with Gasteiger partial charge in [-0.25, -0.2) is 0 Å². The van der Waals surface area contributed by atoms with Crippen molar-refractivity contribution in [3.8, 4) is 5.75 Å². The molecule has 30 heavy (non-hydrogen) atoms. The monoisotopic (exact) mass is 415 g/mol. The zero-order chi connectivity index (χ0) is 21.2. The number of carbonyl (C=O) groups is 1. The van der Waals surface area contributed by atoms with Gasteiger partial charge in [-0.3, -0.25) is 14.7 Å². The predicted molar refractivity (Wildman–Crippen MR) is 121 cm³/mol. The van der Waals surface area contributed by atoms with Crippen LogP contribution in [-0.2, 0) is 4.79 Å². The molecule has 0 saturated carbocycles. The van der Waals surface area contributed by atoms with E-state index in [2.05, 4.69) is 34.6 Å². The number of benzene rings is 1. The third-order valence-corrected chi connectivity index (χ3v) is 5.92. The van der Waals surface area contributed by atoms with E-state index in [1.807, 2.05) is 17.0 Å². The van der Waals surface area contributed by atoms with Crippen molar-refractivity contribution in [3.63, 3.8) is 0 Å². The van der Waals surface area contributed by atoms with Gasteiger partial charge in [0, 0.05) is 32.6 Å². The van der Waals surface area contributed by atoms with Gasteiger partial charge in [0.15, 0.2) is 5.96 Å². The molecule has 7 nitrogen and oxygen atoms in total. The number of ether oxygens (including phenoxy) is 1. The third-order valence-electron chi connectivity index (χ3n) is 5.92. The highest BCUT2D eigenvalue weighted by Gasteiger charge is 2.23. The lowest BCUT2D eigenvalue weighted by Crippen LogP contribution is -2.39. The maximum Gasteiger partial charge on any atom is 0.222 e. The summed E-state index contributed by atoms with van der Waals surface area (Å²) in [7, 11) is 1.70. The van der Waals surface area contributed by atoms with Crippen LogP contribution in [0.4, 0.5) is 0 Å². The Bertz CT molecular complexity index is 685. The summed E-state index contributed by atoms with van der Waals surface area (Å²) in [6.45, 7) is 8.42. The summed E-state index contributed by atoms with van der Waals surface area (Å²) >= 11 is 0. The van der Waals surface area contributed by atoms with Crippen LogP contribution >= 0.6 is 0 Å². The van der Waals surface area contributed by atoms with Crippen LogP contribution in [0.3, 0.4) is 0 Å². The molecule has 0 spiro atoms. The normalized spacial score (nSPS) is 18.7. The molecular weight excluding hydrogens is 378 g/mol. The molecule has 1 aromatic carbocycles. The minimum atomic E-state index is 0.274. The van der Waals surface area contributed by atoms with Crippen molar-refractivity contribution in [1.29, 1.82) is 0 Å². The summed E-state index contributed by atoms with van der Waals surface area (Å²) in [6.07, 6.45) is 5.15. The summed E-state index contributed by atoms with van der Waals surface area (Å²) < 4.78 is 5.32. The molecule has 2 saturated heterocycles. The van der Waals surface area contributed by atoms with E-state index in [9.17, 15) is 4.79 Å². The van der Waals surface area contributed by atoms with E-state index in [1.165, 1.54) is 18.4 Å². The Morgan fingerprint density at radius 1 is 1.13 bits per heavy atom. The van der Waals surface area contributed by atoms with Gasteiger partial charge in [-0.2, -0.15) is 0 Å². The van der Waals surface area contributed by atoms with E-state index in [-0.39, 0.29) is 6.04 Å². The summed E-state index contributed by atoms with van der Waals surface area (Å²) in [5.41, 5.74) is 1.28. The van der Waals surface area contributed by atoms with Gasteiger partial charge >= 0.3 is 0 Å². The van der Waals surface area contributed by atoms with E-state index >= 15 is 0 Å². The van der Waals surface area contributed by atoms with Crippen molar-refractivity contribution in [2.45, 2.75) is 45.1 Å². The fraction of sp³-hybridized carbons (Fsp3) is 0.652. The number of hydrogen-bond donors (Lipinski definition) is 2. The number of nitrogens with zero attached hydrogens (tertiary/aromatic N) is 3. The van der Waals surface area contributed by atoms with Crippen LogP contribution in [0.1, 0.15) is 50.6 Å². The van der Waals surface area contributed by atoms with Crippen LogP contribution in [0.2, 0.25) is 0 Å². The molecule has 0 radical (unpaired) electrons.